The van der Waals surface area contributed by atoms with Gasteiger partial charge in [0.1, 0.15) is 10.6 Å². The molecule has 22 heavy (non-hydrogen) atoms. The van der Waals surface area contributed by atoms with Gasteiger partial charge < -0.3 is 5.11 Å². The molecule has 0 amide bonds. The minimum atomic E-state index is -4.61. The van der Waals surface area contributed by atoms with Crippen LogP contribution in [0.4, 0.5) is 13.2 Å². The van der Waals surface area contributed by atoms with E-state index >= 15 is 0 Å². The molecule has 2 heterocycles. The lowest BCUT2D eigenvalue weighted by Crippen LogP contribution is -2.46. The Bertz CT molecular complexity index is 616. The average molecular weight is 338 g/mol. The summed E-state index contributed by atoms with van der Waals surface area (Å²) in [7, 11) is -3.92. The van der Waals surface area contributed by atoms with Crippen LogP contribution in [0.25, 0.3) is 0 Å². The van der Waals surface area contributed by atoms with Gasteiger partial charge in [-0.05, 0) is 37.8 Å². The number of alkyl halides is 3. The molecule has 5 nitrogen and oxygen atoms in total. The van der Waals surface area contributed by atoms with Crippen LogP contribution >= 0.6 is 0 Å². The number of hydrogen-bond donors (Lipinski definition) is 1. The molecule has 1 aliphatic rings. The number of hydrogen-bond acceptors (Lipinski definition) is 4. The van der Waals surface area contributed by atoms with Crippen LogP contribution in [0.3, 0.4) is 0 Å². The molecule has 0 aromatic carbocycles. The Hall–Kier alpha value is -1.19. The van der Waals surface area contributed by atoms with Gasteiger partial charge in [0.05, 0.1) is 0 Å². The number of aliphatic hydroxyl groups is 1. The van der Waals surface area contributed by atoms with Gasteiger partial charge in [-0.2, -0.15) is 17.5 Å². The third-order valence-corrected chi connectivity index (χ3v) is 5.78. The van der Waals surface area contributed by atoms with Crippen molar-refractivity contribution >= 4 is 10.0 Å². The molecule has 1 aromatic rings. The Morgan fingerprint density at radius 1 is 1.36 bits per heavy atom. The zero-order chi connectivity index (χ0) is 16.5. The predicted molar refractivity (Wildman–Crippen MR) is 72.4 cm³/mol. The van der Waals surface area contributed by atoms with Crippen molar-refractivity contribution in [2.75, 3.05) is 13.2 Å². The van der Waals surface area contributed by atoms with E-state index in [0.29, 0.717) is 12.5 Å². The van der Waals surface area contributed by atoms with Gasteiger partial charge in [-0.15, -0.1) is 0 Å². The van der Waals surface area contributed by atoms with Crippen LogP contribution < -0.4 is 0 Å². The molecule has 2 atom stereocenters. The average Bonchev–Trinajstić information content (AvgIpc) is 2.47. The van der Waals surface area contributed by atoms with Gasteiger partial charge in [-0.1, -0.05) is 0 Å². The van der Waals surface area contributed by atoms with Crippen LogP contribution in [0.1, 0.15) is 25.5 Å². The SMILES string of the molecule is C[C@@H]1CC[C@H](CO)CN1S(=O)(=O)c1ccc(C(F)(F)F)nc1. The Morgan fingerprint density at radius 2 is 2.05 bits per heavy atom. The number of sulfonamides is 1. The summed E-state index contributed by atoms with van der Waals surface area (Å²) in [5.41, 5.74) is -1.13. The van der Waals surface area contributed by atoms with Crippen molar-refractivity contribution in [2.24, 2.45) is 5.92 Å². The van der Waals surface area contributed by atoms with Gasteiger partial charge in [-0.25, -0.2) is 8.42 Å². The number of aromatic nitrogens is 1. The summed E-state index contributed by atoms with van der Waals surface area (Å²) in [4.78, 5) is 2.92. The molecule has 0 bridgehead atoms. The molecule has 0 unspecified atom stereocenters. The van der Waals surface area contributed by atoms with Crippen LogP contribution in [-0.2, 0) is 16.2 Å². The van der Waals surface area contributed by atoms with E-state index in [1.807, 2.05) is 0 Å². The number of halogens is 3. The zero-order valence-corrected chi connectivity index (χ0v) is 12.7. The summed E-state index contributed by atoms with van der Waals surface area (Å²) >= 11 is 0. The molecule has 1 aliphatic heterocycles. The molecule has 1 saturated heterocycles. The van der Waals surface area contributed by atoms with Crippen LogP contribution in [0, 0.1) is 5.92 Å². The molecule has 9 heteroatoms. The molecule has 124 valence electrons. The van der Waals surface area contributed by atoms with Crippen LogP contribution in [0.2, 0.25) is 0 Å². The molecule has 0 radical (unpaired) electrons. The van der Waals surface area contributed by atoms with Crippen molar-refractivity contribution in [3.63, 3.8) is 0 Å². The van der Waals surface area contributed by atoms with Crippen LogP contribution in [0.15, 0.2) is 23.2 Å². The molecule has 1 fully saturated rings. The molecular weight excluding hydrogens is 321 g/mol. The van der Waals surface area contributed by atoms with Gasteiger partial charge in [0.2, 0.25) is 10.0 Å². The third kappa shape index (κ3) is 3.41. The van der Waals surface area contributed by atoms with E-state index in [0.717, 1.165) is 18.7 Å². The van der Waals surface area contributed by atoms with E-state index in [-0.39, 0.29) is 30.0 Å². The first-order chi connectivity index (χ1) is 10.2. The molecule has 0 saturated carbocycles. The molecule has 1 aromatic heterocycles. The maximum Gasteiger partial charge on any atom is 0.433 e. The smallest absolute Gasteiger partial charge is 0.396 e. The number of pyridine rings is 1. The Labute approximate surface area is 126 Å². The van der Waals surface area contributed by atoms with E-state index in [9.17, 15) is 26.7 Å². The van der Waals surface area contributed by atoms with Gasteiger partial charge in [-0.3, -0.25) is 4.98 Å². The molecule has 0 aliphatic carbocycles. The summed E-state index contributed by atoms with van der Waals surface area (Å²) < 4.78 is 63.7. The Kier molecular flexibility index (Phi) is 4.78. The van der Waals surface area contributed by atoms with E-state index in [2.05, 4.69) is 4.98 Å². The summed E-state index contributed by atoms with van der Waals surface area (Å²) in [5.74, 6) is -0.159. The van der Waals surface area contributed by atoms with Crippen LogP contribution in [-0.4, -0.2) is 42.0 Å². The summed E-state index contributed by atoms with van der Waals surface area (Å²) in [6.45, 7) is 1.77. The standard InChI is InChI=1S/C13H17F3N2O3S/c1-9-2-3-10(8-19)7-18(9)22(20,21)11-4-5-12(17-6-11)13(14,15)16/h4-6,9-10,19H,2-3,7-8H2,1H3/t9-,10+/m1/s1. The van der Waals surface area contributed by atoms with Crippen molar-refractivity contribution in [3.8, 4) is 0 Å². The van der Waals surface area contributed by atoms with Gasteiger partial charge in [0.25, 0.3) is 0 Å². The van der Waals surface area contributed by atoms with E-state index < -0.39 is 21.9 Å². The predicted octanol–water partition coefficient (Wildman–Crippen LogP) is 1.88. The first-order valence-electron chi connectivity index (χ1n) is 6.82. The second kappa shape index (κ2) is 6.13. The zero-order valence-electron chi connectivity index (χ0n) is 11.9. The van der Waals surface area contributed by atoms with Crippen molar-refractivity contribution in [1.29, 1.82) is 0 Å². The lowest BCUT2D eigenvalue weighted by atomic mass is 9.96. The largest absolute Gasteiger partial charge is 0.433 e. The highest BCUT2D eigenvalue weighted by atomic mass is 32.2. The highest BCUT2D eigenvalue weighted by Gasteiger charge is 2.36. The maximum atomic E-state index is 12.5. The number of nitrogens with zero attached hydrogens (tertiary/aromatic N) is 2. The van der Waals surface area contributed by atoms with Gasteiger partial charge in [0.15, 0.2) is 0 Å². The third-order valence-electron chi connectivity index (χ3n) is 3.81. The van der Waals surface area contributed by atoms with E-state index in [4.69, 9.17) is 0 Å². The number of rotatable bonds is 3. The highest BCUT2D eigenvalue weighted by molar-refractivity contribution is 7.89. The van der Waals surface area contributed by atoms with Crippen molar-refractivity contribution in [3.05, 3.63) is 24.0 Å². The quantitative estimate of drug-likeness (QED) is 0.914. The monoisotopic (exact) mass is 338 g/mol. The van der Waals surface area contributed by atoms with Crippen molar-refractivity contribution in [1.82, 2.24) is 9.29 Å². The summed E-state index contributed by atoms with van der Waals surface area (Å²) in [5, 5.41) is 9.20. The topological polar surface area (TPSA) is 70.5 Å². The summed E-state index contributed by atoms with van der Waals surface area (Å²) in [6, 6.07) is 1.31. The molecule has 1 N–H and O–H groups in total. The number of piperidine rings is 1. The molecular formula is C13H17F3N2O3S. The Balaban J connectivity index is 2.29. The lowest BCUT2D eigenvalue weighted by Gasteiger charge is -2.36. The first kappa shape index (κ1) is 17.2. The second-order valence-electron chi connectivity index (χ2n) is 5.43. The first-order valence-corrected chi connectivity index (χ1v) is 8.26. The van der Waals surface area contributed by atoms with E-state index in [1.165, 1.54) is 4.31 Å². The van der Waals surface area contributed by atoms with Crippen molar-refractivity contribution in [2.45, 2.75) is 36.9 Å². The fourth-order valence-electron chi connectivity index (χ4n) is 2.47. The summed E-state index contributed by atoms with van der Waals surface area (Å²) in [6.07, 6.45) is -2.57. The maximum absolute atomic E-state index is 12.5. The molecule has 2 rings (SSSR count). The number of aliphatic hydroxyl groups excluding tert-OH is 1. The minimum absolute atomic E-state index is 0.121. The van der Waals surface area contributed by atoms with E-state index in [1.54, 1.807) is 6.92 Å². The fourth-order valence-corrected chi connectivity index (χ4v) is 4.15. The van der Waals surface area contributed by atoms with Crippen LogP contribution in [0.5, 0.6) is 0 Å². The highest BCUT2D eigenvalue weighted by Crippen LogP contribution is 2.30. The van der Waals surface area contributed by atoms with Gasteiger partial charge >= 0.3 is 6.18 Å². The second-order valence-corrected chi connectivity index (χ2v) is 7.32. The minimum Gasteiger partial charge on any atom is -0.396 e. The lowest BCUT2D eigenvalue weighted by molar-refractivity contribution is -0.141. The Morgan fingerprint density at radius 3 is 2.55 bits per heavy atom. The normalized spacial score (nSPS) is 24.4. The molecule has 0 spiro atoms. The van der Waals surface area contributed by atoms with Crippen molar-refractivity contribution < 1.29 is 26.7 Å². The fraction of sp³-hybridized carbons (Fsp3) is 0.615. The van der Waals surface area contributed by atoms with Gasteiger partial charge in [0, 0.05) is 25.4 Å².